The first-order chi connectivity index (χ1) is 9.87. The number of carbonyl (C=O) groups excluding carboxylic acids is 2. The van der Waals surface area contributed by atoms with Gasteiger partial charge in [-0.05, 0) is 33.6 Å². The summed E-state index contributed by atoms with van der Waals surface area (Å²) >= 11 is 0. The van der Waals surface area contributed by atoms with E-state index in [1.54, 1.807) is 0 Å². The van der Waals surface area contributed by atoms with E-state index in [0.29, 0.717) is 24.5 Å². The van der Waals surface area contributed by atoms with Gasteiger partial charge in [-0.1, -0.05) is 0 Å². The van der Waals surface area contributed by atoms with E-state index >= 15 is 0 Å². The van der Waals surface area contributed by atoms with Crippen molar-refractivity contribution in [3.05, 3.63) is 17.2 Å². The second-order valence-electron chi connectivity index (χ2n) is 6.69. The highest BCUT2D eigenvalue weighted by Crippen LogP contribution is 2.34. The zero-order chi connectivity index (χ0) is 15.2. The molecular formula is C15H21N3O3. The van der Waals surface area contributed by atoms with Crippen LogP contribution in [0.2, 0.25) is 0 Å². The Kier molecular flexibility index (Phi) is 3.36. The van der Waals surface area contributed by atoms with Crippen LogP contribution in [0.3, 0.4) is 0 Å². The highest BCUT2D eigenvalue weighted by atomic mass is 16.6. The molecule has 0 aromatic carbocycles. The minimum absolute atomic E-state index is 0.0160. The molecule has 0 unspecified atom stereocenters. The van der Waals surface area contributed by atoms with Crippen molar-refractivity contribution in [2.75, 3.05) is 6.54 Å². The summed E-state index contributed by atoms with van der Waals surface area (Å²) in [6.45, 7) is 7.44. The highest BCUT2D eigenvalue weighted by molar-refractivity contribution is 6.06. The van der Waals surface area contributed by atoms with Crippen LogP contribution in [0.5, 0.6) is 0 Å². The van der Waals surface area contributed by atoms with Gasteiger partial charge in [0.05, 0.1) is 6.54 Å². The maximum absolute atomic E-state index is 12.5. The predicted octanol–water partition coefficient (Wildman–Crippen LogP) is 1.53. The number of carbonyl (C=O) groups is 2. The SMILES string of the molecule is CC(C)(C)OC(=O)c1c(C(=O)C2CC2)nc2n1CCNC2. The maximum atomic E-state index is 12.5. The molecule has 0 saturated heterocycles. The molecule has 1 fully saturated rings. The minimum atomic E-state index is -0.589. The predicted molar refractivity (Wildman–Crippen MR) is 76.2 cm³/mol. The summed E-state index contributed by atoms with van der Waals surface area (Å²) in [5.74, 6) is 0.312. The van der Waals surface area contributed by atoms with Crippen LogP contribution < -0.4 is 5.32 Å². The minimum Gasteiger partial charge on any atom is -0.455 e. The van der Waals surface area contributed by atoms with Crippen LogP contribution in [-0.2, 0) is 17.8 Å². The van der Waals surface area contributed by atoms with Gasteiger partial charge in [-0.2, -0.15) is 0 Å². The smallest absolute Gasteiger partial charge is 0.357 e. The topological polar surface area (TPSA) is 73.2 Å². The Balaban J connectivity index is 2.01. The Morgan fingerprint density at radius 2 is 2.05 bits per heavy atom. The van der Waals surface area contributed by atoms with Crippen LogP contribution in [0.15, 0.2) is 0 Å². The summed E-state index contributed by atoms with van der Waals surface area (Å²) in [7, 11) is 0. The lowest BCUT2D eigenvalue weighted by atomic mass is 10.1. The third kappa shape index (κ3) is 2.85. The zero-order valence-electron chi connectivity index (χ0n) is 12.7. The van der Waals surface area contributed by atoms with Gasteiger partial charge in [0.2, 0.25) is 0 Å². The van der Waals surface area contributed by atoms with Gasteiger partial charge in [-0.3, -0.25) is 4.79 Å². The average Bonchev–Trinajstić information content (AvgIpc) is 3.15. The number of hydrogen-bond acceptors (Lipinski definition) is 5. The first-order valence-corrected chi connectivity index (χ1v) is 7.44. The number of fused-ring (bicyclic) bond motifs is 1. The fraction of sp³-hybridized carbons (Fsp3) is 0.667. The second kappa shape index (κ2) is 4.94. The first kappa shape index (κ1) is 14.3. The maximum Gasteiger partial charge on any atom is 0.357 e. The number of ketones is 1. The largest absolute Gasteiger partial charge is 0.455 e. The molecule has 1 saturated carbocycles. The number of Topliss-reactive ketones (excluding diaryl/α,β-unsaturated/α-hetero) is 1. The molecule has 0 amide bonds. The third-order valence-corrected chi connectivity index (χ3v) is 3.62. The molecule has 6 heteroatoms. The van der Waals surface area contributed by atoms with Crippen LogP contribution in [0.4, 0.5) is 0 Å². The molecule has 1 N–H and O–H groups in total. The quantitative estimate of drug-likeness (QED) is 0.675. The molecule has 1 aromatic rings. The fourth-order valence-corrected chi connectivity index (χ4v) is 2.51. The molecule has 0 radical (unpaired) electrons. The second-order valence-corrected chi connectivity index (χ2v) is 6.69. The van der Waals surface area contributed by atoms with Gasteiger partial charge in [0.1, 0.15) is 17.1 Å². The van der Waals surface area contributed by atoms with E-state index in [-0.39, 0.29) is 11.7 Å². The molecule has 6 nitrogen and oxygen atoms in total. The van der Waals surface area contributed by atoms with E-state index in [9.17, 15) is 9.59 Å². The molecule has 2 aliphatic rings. The van der Waals surface area contributed by atoms with Crippen LogP contribution in [0.25, 0.3) is 0 Å². The van der Waals surface area contributed by atoms with Gasteiger partial charge >= 0.3 is 5.97 Å². The van der Waals surface area contributed by atoms with E-state index in [2.05, 4.69) is 10.3 Å². The summed E-state index contributed by atoms with van der Waals surface area (Å²) < 4.78 is 7.30. The molecule has 2 heterocycles. The van der Waals surface area contributed by atoms with Crippen molar-refractivity contribution in [1.82, 2.24) is 14.9 Å². The number of imidazole rings is 1. The van der Waals surface area contributed by atoms with Gasteiger partial charge in [0.15, 0.2) is 11.5 Å². The van der Waals surface area contributed by atoms with E-state index in [4.69, 9.17) is 4.74 Å². The molecule has 3 rings (SSSR count). The van der Waals surface area contributed by atoms with Gasteiger partial charge in [0.25, 0.3) is 0 Å². The molecule has 1 aliphatic carbocycles. The Labute approximate surface area is 123 Å². The van der Waals surface area contributed by atoms with Crippen molar-refractivity contribution in [2.24, 2.45) is 5.92 Å². The number of esters is 1. The summed E-state index contributed by atoms with van der Waals surface area (Å²) in [6, 6.07) is 0. The summed E-state index contributed by atoms with van der Waals surface area (Å²) in [6.07, 6.45) is 1.79. The molecule has 1 aromatic heterocycles. The van der Waals surface area contributed by atoms with Crippen molar-refractivity contribution < 1.29 is 14.3 Å². The average molecular weight is 291 g/mol. The first-order valence-electron chi connectivity index (χ1n) is 7.44. The number of nitrogens with zero attached hydrogens (tertiary/aromatic N) is 2. The van der Waals surface area contributed by atoms with Crippen molar-refractivity contribution >= 4 is 11.8 Å². The lowest BCUT2D eigenvalue weighted by Gasteiger charge is -2.22. The van der Waals surface area contributed by atoms with Gasteiger partial charge in [-0.15, -0.1) is 0 Å². The fourth-order valence-electron chi connectivity index (χ4n) is 2.51. The third-order valence-electron chi connectivity index (χ3n) is 3.62. The molecule has 0 spiro atoms. The summed E-state index contributed by atoms with van der Waals surface area (Å²) in [5, 5.41) is 3.21. The molecular weight excluding hydrogens is 270 g/mol. The number of rotatable bonds is 3. The number of aromatic nitrogens is 2. The van der Waals surface area contributed by atoms with Crippen LogP contribution in [0, 0.1) is 5.92 Å². The molecule has 114 valence electrons. The van der Waals surface area contributed by atoms with Crippen molar-refractivity contribution in [3.8, 4) is 0 Å². The lowest BCUT2D eigenvalue weighted by molar-refractivity contribution is 0.00547. The van der Waals surface area contributed by atoms with Gasteiger partial charge in [-0.25, -0.2) is 9.78 Å². The van der Waals surface area contributed by atoms with E-state index in [1.165, 1.54) is 0 Å². The zero-order valence-corrected chi connectivity index (χ0v) is 12.7. The van der Waals surface area contributed by atoms with Crippen molar-refractivity contribution in [2.45, 2.75) is 52.3 Å². The molecule has 1 aliphatic heterocycles. The van der Waals surface area contributed by atoms with Crippen molar-refractivity contribution in [3.63, 3.8) is 0 Å². The van der Waals surface area contributed by atoms with Gasteiger partial charge in [0, 0.05) is 19.0 Å². The summed E-state index contributed by atoms with van der Waals surface area (Å²) in [4.78, 5) is 29.3. The van der Waals surface area contributed by atoms with Crippen molar-refractivity contribution in [1.29, 1.82) is 0 Å². The lowest BCUT2D eigenvalue weighted by Crippen LogP contribution is -2.32. The van der Waals surface area contributed by atoms with Crippen LogP contribution in [-0.4, -0.2) is 33.4 Å². The van der Waals surface area contributed by atoms with Gasteiger partial charge < -0.3 is 14.6 Å². The Hall–Kier alpha value is -1.69. The number of nitrogens with one attached hydrogen (secondary N) is 1. The molecule has 0 atom stereocenters. The van der Waals surface area contributed by atoms with E-state index in [0.717, 1.165) is 25.2 Å². The molecule has 21 heavy (non-hydrogen) atoms. The monoisotopic (exact) mass is 291 g/mol. The normalized spacial score (nSPS) is 18.2. The number of hydrogen-bond donors (Lipinski definition) is 1. The van der Waals surface area contributed by atoms with Crippen LogP contribution in [0.1, 0.15) is 60.4 Å². The Morgan fingerprint density at radius 1 is 1.33 bits per heavy atom. The molecule has 0 bridgehead atoms. The number of ether oxygens (including phenoxy) is 1. The Bertz CT molecular complexity index is 594. The standard InChI is InChI=1S/C15H21N3O3/c1-15(2,3)21-14(20)12-11(13(19)9-4-5-9)17-10-8-16-6-7-18(10)12/h9,16H,4-8H2,1-3H3. The summed E-state index contributed by atoms with van der Waals surface area (Å²) in [5.41, 5.74) is 0.0398. The van der Waals surface area contributed by atoms with E-state index in [1.807, 2.05) is 25.3 Å². The highest BCUT2D eigenvalue weighted by Gasteiger charge is 2.38. The van der Waals surface area contributed by atoms with Crippen LogP contribution >= 0.6 is 0 Å². The van der Waals surface area contributed by atoms with E-state index < -0.39 is 11.6 Å². The Morgan fingerprint density at radius 3 is 2.67 bits per heavy atom.